The number of benzene rings is 1. The summed E-state index contributed by atoms with van der Waals surface area (Å²) in [6, 6.07) is 5.83. The van der Waals surface area contributed by atoms with Crippen LogP contribution >= 0.6 is 0 Å². The molecule has 1 atom stereocenters. The smallest absolute Gasteiger partial charge is 0.143 e. The number of nitrogen functional groups attached to an aromatic ring is 1. The average Bonchev–Trinajstić information content (AvgIpc) is 2.74. The number of likely N-dealkylation sites (tertiary alicyclic amines) is 1. The Morgan fingerprint density at radius 1 is 1.53 bits per heavy atom. The van der Waals surface area contributed by atoms with Gasteiger partial charge in [0, 0.05) is 24.8 Å². The van der Waals surface area contributed by atoms with Crippen molar-refractivity contribution in [3.05, 3.63) is 18.2 Å². The molecule has 1 heterocycles. The monoisotopic (exact) mass is 235 g/mol. The zero-order valence-corrected chi connectivity index (χ0v) is 10.6. The van der Waals surface area contributed by atoms with Gasteiger partial charge in [0.25, 0.3) is 0 Å². The number of hydrogen-bond donors (Lipinski definition) is 2. The van der Waals surface area contributed by atoms with Gasteiger partial charge in [-0.1, -0.05) is 0 Å². The average molecular weight is 235 g/mol. The summed E-state index contributed by atoms with van der Waals surface area (Å²) in [5, 5.41) is 3.45. The minimum absolute atomic E-state index is 0.679. The van der Waals surface area contributed by atoms with Crippen molar-refractivity contribution in [3.63, 3.8) is 0 Å². The Balaban J connectivity index is 1.90. The number of nitrogens with one attached hydrogen (secondary N) is 1. The Morgan fingerprint density at radius 3 is 3.00 bits per heavy atom. The second kappa shape index (κ2) is 5.27. The predicted octanol–water partition coefficient (Wildman–Crippen LogP) is 1.64. The Bertz CT molecular complexity index is 381. The molecular weight excluding hydrogens is 214 g/mol. The Kier molecular flexibility index (Phi) is 3.74. The quantitative estimate of drug-likeness (QED) is 0.779. The number of nitrogens with zero attached hydrogens (tertiary/aromatic N) is 1. The first-order valence-corrected chi connectivity index (χ1v) is 6.05. The van der Waals surface area contributed by atoms with E-state index in [-0.39, 0.29) is 0 Å². The molecule has 0 aliphatic carbocycles. The van der Waals surface area contributed by atoms with Gasteiger partial charge in [-0.15, -0.1) is 0 Å². The van der Waals surface area contributed by atoms with E-state index < -0.39 is 0 Å². The van der Waals surface area contributed by atoms with Crippen LogP contribution in [0.3, 0.4) is 0 Å². The molecule has 94 valence electrons. The van der Waals surface area contributed by atoms with Crippen molar-refractivity contribution in [1.29, 1.82) is 0 Å². The molecule has 0 amide bonds. The maximum absolute atomic E-state index is 5.78. The van der Waals surface area contributed by atoms with E-state index in [1.54, 1.807) is 7.11 Å². The molecule has 0 aromatic heterocycles. The first-order chi connectivity index (χ1) is 8.19. The summed E-state index contributed by atoms with van der Waals surface area (Å²) < 4.78 is 5.20. The largest absolute Gasteiger partial charge is 0.495 e. The fourth-order valence-electron chi connectivity index (χ4n) is 2.28. The lowest BCUT2D eigenvalue weighted by molar-refractivity contribution is 0.399. The van der Waals surface area contributed by atoms with E-state index in [0.717, 1.165) is 23.9 Å². The molecule has 0 saturated carbocycles. The summed E-state index contributed by atoms with van der Waals surface area (Å²) in [5.41, 5.74) is 7.53. The van der Waals surface area contributed by atoms with E-state index in [1.165, 1.54) is 19.5 Å². The standard InChI is InChI=1S/C13H21N3O/c1-16-6-5-10(9-16)8-15-11-3-4-12(14)13(7-11)17-2/h3-4,7,10,15H,5-6,8-9,14H2,1-2H3. The van der Waals surface area contributed by atoms with E-state index in [0.29, 0.717) is 5.69 Å². The molecule has 4 heteroatoms. The molecule has 1 aliphatic heterocycles. The summed E-state index contributed by atoms with van der Waals surface area (Å²) >= 11 is 0. The van der Waals surface area contributed by atoms with Gasteiger partial charge < -0.3 is 20.7 Å². The van der Waals surface area contributed by atoms with Crippen molar-refractivity contribution in [1.82, 2.24) is 4.90 Å². The minimum Gasteiger partial charge on any atom is -0.495 e. The summed E-state index contributed by atoms with van der Waals surface area (Å²) in [6.07, 6.45) is 1.27. The zero-order valence-electron chi connectivity index (χ0n) is 10.6. The van der Waals surface area contributed by atoms with Crippen LogP contribution in [0, 0.1) is 5.92 Å². The summed E-state index contributed by atoms with van der Waals surface area (Å²) in [7, 11) is 3.81. The van der Waals surface area contributed by atoms with Crippen molar-refractivity contribution in [3.8, 4) is 5.75 Å². The molecular formula is C13H21N3O. The van der Waals surface area contributed by atoms with E-state index in [2.05, 4.69) is 17.3 Å². The van der Waals surface area contributed by atoms with Gasteiger partial charge in [-0.25, -0.2) is 0 Å². The van der Waals surface area contributed by atoms with E-state index in [4.69, 9.17) is 10.5 Å². The summed E-state index contributed by atoms with van der Waals surface area (Å²) in [4.78, 5) is 2.37. The fraction of sp³-hybridized carbons (Fsp3) is 0.538. The second-order valence-electron chi connectivity index (χ2n) is 4.75. The topological polar surface area (TPSA) is 50.5 Å². The van der Waals surface area contributed by atoms with Crippen LogP contribution in [0.4, 0.5) is 11.4 Å². The Labute approximate surface area is 103 Å². The third kappa shape index (κ3) is 3.03. The van der Waals surface area contributed by atoms with Crippen LogP contribution in [0.25, 0.3) is 0 Å². The van der Waals surface area contributed by atoms with Crippen LogP contribution < -0.4 is 15.8 Å². The molecule has 1 aromatic rings. The number of hydrogen-bond acceptors (Lipinski definition) is 4. The van der Waals surface area contributed by atoms with E-state index in [1.807, 2.05) is 18.2 Å². The molecule has 0 radical (unpaired) electrons. The number of rotatable bonds is 4. The highest BCUT2D eigenvalue weighted by atomic mass is 16.5. The maximum Gasteiger partial charge on any atom is 0.143 e. The van der Waals surface area contributed by atoms with Crippen molar-refractivity contribution in [2.75, 3.05) is 44.8 Å². The summed E-state index contributed by atoms with van der Waals surface area (Å²) in [6.45, 7) is 3.40. The molecule has 1 aliphatic rings. The lowest BCUT2D eigenvalue weighted by Crippen LogP contribution is -2.19. The molecule has 2 rings (SSSR count). The molecule has 3 N–H and O–H groups in total. The minimum atomic E-state index is 0.679. The van der Waals surface area contributed by atoms with E-state index in [9.17, 15) is 0 Å². The number of ether oxygens (including phenoxy) is 1. The van der Waals surface area contributed by atoms with Gasteiger partial charge in [-0.2, -0.15) is 0 Å². The molecule has 1 saturated heterocycles. The third-order valence-electron chi connectivity index (χ3n) is 3.32. The molecule has 1 unspecified atom stereocenters. The molecule has 0 bridgehead atoms. The first-order valence-electron chi connectivity index (χ1n) is 6.05. The SMILES string of the molecule is COc1cc(NCC2CCN(C)C2)ccc1N. The molecule has 0 spiro atoms. The highest BCUT2D eigenvalue weighted by molar-refractivity contribution is 5.61. The third-order valence-corrected chi connectivity index (χ3v) is 3.32. The van der Waals surface area contributed by atoms with Gasteiger partial charge in [0.15, 0.2) is 0 Å². The highest BCUT2D eigenvalue weighted by Crippen LogP contribution is 2.25. The molecule has 1 aromatic carbocycles. The molecule has 4 nitrogen and oxygen atoms in total. The predicted molar refractivity (Wildman–Crippen MR) is 71.5 cm³/mol. The first kappa shape index (κ1) is 12.0. The van der Waals surface area contributed by atoms with Crippen LogP contribution in [0.5, 0.6) is 5.75 Å². The van der Waals surface area contributed by atoms with Crippen molar-refractivity contribution in [2.24, 2.45) is 5.92 Å². The van der Waals surface area contributed by atoms with E-state index >= 15 is 0 Å². The molecule has 1 fully saturated rings. The van der Waals surface area contributed by atoms with Gasteiger partial charge in [0.1, 0.15) is 5.75 Å². The van der Waals surface area contributed by atoms with Crippen molar-refractivity contribution < 1.29 is 4.74 Å². The normalized spacial score (nSPS) is 20.5. The zero-order chi connectivity index (χ0) is 12.3. The fourth-order valence-corrected chi connectivity index (χ4v) is 2.28. The number of methoxy groups -OCH3 is 1. The second-order valence-corrected chi connectivity index (χ2v) is 4.75. The van der Waals surface area contributed by atoms with Crippen molar-refractivity contribution >= 4 is 11.4 Å². The highest BCUT2D eigenvalue weighted by Gasteiger charge is 2.18. The van der Waals surface area contributed by atoms with Crippen LogP contribution in [-0.4, -0.2) is 38.7 Å². The van der Waals surface area contributed by atoms with Crippen LogP contribution in [0.2, 0.25) is 0 Å². The lowest BCUT2D eigenvalue weighted by atomic mass is 10.1. The van der Waals surface area contributed by atoms with Crippen LogP contribution in [-0.2, 0) is 0 Å². The van der Waals surface area contributed by atoms with Gasteiger partial charge in [0.2, 0.25) is 0 Å². The van der Waals surface area contributed by atoms with Gasteiger partial charge in [-0.3, -0.25) is 0 Å². The lowest BCUT2D eigenvalue weighted by Gasteiger charge is -2.14. The summed E-state index contributed by atoms with van der Waals surface area (Å²) in [5.74, 6) is 1.47. The Morgan fingerprint density at radius 2 is 2.35 bits per heavy atom. The number of nitrogens with two attached hydrogens (primary N) is 1. The van der Waals surface area contributed by atoms with Crippen LogP contribution in [0.1, 0.15) is 6.42 Å². The van der Waals surface area contributed by atoms with Gasteiger partial charge >= 0.3 is 0 Å². The number of anilines is 2. The van der Waals surface area contributed by atoms with Crippen LogP contribution in [0.15, 0.2) is 18.2 Å². The Hall–Kier alpha value is -1.42. The van der Waals surface area contributed by atoms with Gasteiger partial charge in [0.05, 0.1) is 12.8 Å². The van der Waals surface area contributed by atoms with Crippen molar-refractivity contribution in [2.45, 2.75) is 6.42 Å². The molecule has 17 heavy (non-hydrogen) atoms. The van der Waals surface area contributed by atoms with Gasteiger partial charge in [-0.05, 0) is 38.1 Å². The maximum atomic E-state index is 5.78.